The van der Waals surface area contributed by atoms with Crippen molar-refractivity contribution in [2.75, 3.05) is 12.4 Å². The molecule has 1 saturated heterocycles. The molecule has 1 fully saturated rings. The number of β-lactam (4-membered cyclic amide) rings is 1. The van der Waals surface area contributed by atoms with Crippen LogP contribution < -0.4 is 45.7 Å². The third kappa shape index (κ3) is 4.81. The molecule has 0 saturated carbocycles. The van der Waals surface area contributed by atoms with Gasteiger partial charge in [-0.15, -0.1) is 11.8 Å². The fourth-order valence-corrected chi connectivity index (χ4v) is 4.37. The SMILES string of the molecule is CC(=O)OCC1=C(C(=O)[O-])N2C(=O)[C@H](NC(=O)C(N)c3ccc(O)cc3)[C@H]2SC1.[Na+]. The summed E-state index contributed by atoms with van der Waals surface area (Å²) in [6, 6.07) is 3.74. The van der Waals surface area contributed by atoms with Crippen molar-refractivity contribution in [1.29, 1.82) is 0 Å². The van der Waals surface area contributed by atoms with Gasteiger partial charge in [0.2, 0.25) is 5.91 Å². The topological polar surface area (TPSA) is 162 Å². The Bertz CT molecular complexity index is 906. The number of phenols is 1. The maximum Gasteiger partial charge on any atom is 1.00 e. The quantitative estimate of drug-likeness (QED) is 0.223. The minimum atomic E-state index is -1.56. The van der Waals surface area contributed by atoms with Crippen molar-refractivity contribution in [1.82, 2.24) is 10.2 Å². The maximum atomic E-state index is 12.5. The van der Waals surface area contributed by atoms with Gasteiger partial charge in [0.1, 0.15) is 29.8 Å². The zero-order chi connectivity index (χ0) is 21.3. The number of esters is 1. The average molecular weight is 443 g/mol. The zero-order valence-electron chi connectivity index (χ0n) is 16.3. The van der Waals surface area contributed by atoms with E-state index in [1.807, 2.05) is 0 Å². The second-order valence-electron chi connectivity index (χ2n) is 6.49. The number of carbonyl (C=O) groups is 4. The zero-order valence-corrected chi connectivity index (χ0v) is 19.1. The Kier molecular flexibility index (Phi) is 7.94. The van der Waals surface area contributed by atoms with Crippen LogP contribution in [0, 0.1) is 0 Å². The molecule has 2 aliphatic rings. The summed E-state index contributed by atoms with van der Waals surface area (Å²) in [5, 5.41) is 22.8. The van der Waals surface area contributed by atoms with Gasteiger partial charge in [-0.05, 0) is 17.7 Å². The largest absolute Gasteiger partial charge is 1.00 e. The van der Waals surface area contributed by atoms with Crippen LogP contribution in [0.2, 0.25) is 0 Å². The minimum absolute atomic E-state index is 0. The molecule has 154 valence electrons. The van der Waals surface area contributed by atoms with E-state index in [0.717, 1.165) is 4.90 Å². The smallest absolute Gasteiger partial charge is 0.543 e. The summed E-state index contributed by atoms with van der Waals surface area (Å²) in [7, 11) is 0. The number of phenolic OH excluding ortho intramolecular Hbond substituents is 1. The van der Waals surface area contributed by atoms with E-state index in [2.05, 4.69) is 5.32 Å². The number of aliphatic carboxylic acids is 1. The van der Waals surface area contributed by atoms with Crippen molar-refractivity contribution in [3.63, 3.8) is 0 Å². The molecular weight excluding hydrogens is 425 g/mol. The molecular formula is C18H18N3NaO7S. The standard InChI is InChI=1S/C18H19N3O7S.Na/c1-8(22)28-6-10-7-29-17-13(16(25)21(17)14(10)18(26)27)20-15(24)12(19)9-2-4-11(23)5-3-9;/h2-5,12-13,17,23H,6-7,19H2,1H3,(H,20,24)(H,26,27);/q;+1/p-1/t12?,13-,17+;/m0./s1. The first-order valence-corrected chi connectivity index (χ1v) is 9.62. The molecule has 3 atom stereocenters. The first-order valence-electron chi connectivity index (χ1n) is 8.57. The fourth-order valence-electron chi connectivity index (χ4n) is 3.05. The number of hydrogen-bond acceptors (Lipinski definition) is 9. The van der Waals surface area contributed by atoms with Gasteiger partial charge in [0.15, 0.2) is 0 Å². The Morgan fingerprint density at radius 2 is 2.00 bits per heavy atom. The second kappa shape index (κ2) is 9.84. The molecule has 10 nitrogen and oxygen atoms in total. The molecule has 12 heteroatoms. The van der Waals surface area contributed by atoms with Crippen LogP contribution in [0.15, 0.2) is 35.5 Å². The fraction of sp³-hybridized carbons (Fsp3) is 0.333. The van der Waals surface area contributed by atoms with Gasteiger partial charge in [-0.25, -0.2) is 0 Å². The summed E-state index contributed by atoms with van der Waals surface area (Å²) < 4.78 is 4.84. The van der Waals surface area contributed by atoms with Gasteiger partial charge in [-0.2, -0.15) is 0 Å². The van der Waals surface area contributed by atoms with Gasteiger partial charge < -0.3 is 30.8 Å². The number of ether oxygens (including phenoxy) is 1. The van der Waals surface area contributed by atoms with Crippen molar-refractivity contribution < 1.29 is 63.7 Å². The number of hydrogen-bond donors (Lipinski definition) is 3. The maximum absolute atomic E-state index is 12.5. The Hall–Kier alpha value is -2.05. The van der Waals surface area contributed by atoms with Crippen molar-refractivity contribution >= 4 is 35.5 Å². The predicted octanol–water partition coefficient (Wildman–Crippen LogP) is -4.64. The van der Waals surface area contributed by atoms with Crippen LogP contribution in [0.4, 0.5) is 0 Å². The molecule has 0 radical (unpaired) electrons. The predicted molar refractivity (Wildman–Crippen MR) is 98.7 cm³/mol. The number of carbonyl (C=O) groups excluding carboxylic acids is 4. The van der Waals surface area contributed by atoms with Crippen molar-refractivity contribution in [2.45, 2.75) is 24.4 Å². The van der Waals surface area contributed by atoms with Crippen LogP contribution in [-0.4, -0.2) is 57.5 Å². The van der Waals surface area contributed by atoms with Crippen molar-refractivity contribution in [2.24, 2.45) is 5.73 Å². The van der Waals surface area contributed by atoms with Crippen molar-refractivity contribution in [3.8, 4) is 5.75 Å². The number of amides is 2. The Labute approximate surface area is 198 Å². The molecule has 1 aromatic carbocycles. The first kappa shape index (κ1) is 24.2. The minimum Gasteiger partial charge on any atom is -0.543 e. The van der Waals surface area contributed by atoms with E-state index in [9.17, 15) is 29.4 Å². The number of carboxylic acids is 1. The second-order valence-corrected chi connectivity index (χ2v) is 7.59. The number of fused-ring (bicyclic) bond motifs is 1. The molecule has 1 aromatic rings. The van der Waals surface area contributed by atoms with Crippen LogP contribution >= 0.6 is 11.8 Å². The van der Waals surface area contributed by atoms with E-state index >= 15 is 0 Å². The average Bonchev–Trinajstić information content (AvgIpc) is 2.69. The van der Waals surface area contributed by atoms with Gasteiger partial charge in [0.25, 0.3) is 5.91 Å². The number of thioether (sulfide) groups is 1. The summed E-state index contributed by atoms with van der Waals surface area (Å²) in [6.07, 6.45) is 0. The van der Waals surface area contributed by atoms with Crippen molar-refractivity contribution in [3.05, 3.63) is 41.1 Å². The number of carboxylic acid groups (broad SMARTS) is 1. The summed E-state index contributed by atoms with van der Waals surface area (Å²) in [4.78, 5) is 48.5. The number of nitrogens with zero attached hydrogens (tertiary/aromatic N) is 1. The van der Waals surface area contributed by atoms with Crippen LogP contribution in [0.5, 0.6) is 5.75 Å². The molecule has 0 bridgehead atoms. The van der Waals surface area contributed by atoms with Gasteiger partial charge in [0, 0.05) is 18.2 Å². The van der Waals surface area contributed by atoms with Crippen LogP contribution in [0.1, 0.15) is 18.5 Å². The monoisotopic (exact) mass is 443 g/mol. The molecule has 0 aromatic heterocycles. The normalized spacial score (nSPS) is 21.0. The number of nitrogens with one attached hydrogen (secondary N) is 1. The third-order valence-electron chi connectivity index (χ3n) is 4.52. The molecule has 3 rings (SSSR count). The molecule has 0 spiro atoms. The molecule has 2 heterocycles. The Morgan fingerprint density at radius 3 is 2.57 bits per heavy atom. The van der Waals surface area contributed by atoms with E-state index in [4.69, 9.17) is 10.5 Å². The van der Waals surface area contributed by atoms with Crippen LogP contribution in [0.3, 0.4) is 0 Å². The van der Waals surface area contributed by atoms with E-state index in [1.54, 1.807) is 0 Å². The number of benzene rings is 1. The van der Waals surface area contributed by atoms with E-state index in [1.165, 1.54) is 43.0 Å². The van der Waals surface area contributed by atoms with E-state index in [-0.39, 0.29) is 58.9 Å². The van der Waals surface area contributed by atoms with E-state index in [0.29, 0.717) is 5.56 Å². The summed E-state index contributed by atoms with van der Waals surface area (Å²) in [6.45, 7) is 0.931. The van der Waals surface area contributed by atoms with Crippen LogP contribution in [-0.2, 0) is 23.9 Å². The molecule has 2 aliphatic heterocycles. The molecule has 1 unspecified atom stereocenters. The number of aromatic hydroxyl groups is 1. The summed E-state index contributed by atoms with van der Waals surface area (Å²) in [5.74, 6) is -3.15. The molecule has 30 heavy (non-hydrogen) atoms. The van der Waals surface area contributed by atoms with E-state index < -0.39 is 41.2 Å². The van der Waals surface area contributed by atoms with Crippen LogP contribution in [0.25, 0.3) is 0 Å². The number of nitrogens with two attached hydrogens (primary N) is 1. The Balaban J connectivity index is 0.00000320. The number of rotatable bonds is 6. The van der Waals surface area contributed by atoms with Gasteiger partial charge in [-0.3, -0.25) is 19.3 Å². The summed E-state index contributed by atoms with van der Waals surface area (Å²) in [5.41, 5.74) is 6.26. The molecule has 4 N–H and O–H groups in total. The first-order chi connectivity index (χ1) is 13.7. The molecule has 0 aliphatic carbocycles. The van der Waals surface area contributed by atoms with Gasteiger partial charge in [-0.1, -0.05) is 12.1 Å². The van der Waals surface area contributed by atoms with Gasteiger partial charge in [0.05, 0.1) is 11.7 Å². The Morgan fingerprint density at radius 1 is 1.37 bits per heavy atom. The van der Waals surface area contributed by atoms with Gasteiger partial charge >= 0.3 is 35.5 Å². The third-order valence-corrected chi connectivity index (χ3v) is 5.86. The molecule has 2 amide bonds. The summed E-state index contributed by atoms with van der Waals surface area (Å²) >= 11 is 1.23.